The summed E-state index contributed by atoms with van der Waals surface area (Å²) in [4.78, 5) is 16.2. The summed E-state index contributed by atoms with van der Waals surface area (Å²) in [6, 6.07) is 5.03. The van der Waals surface area contributed by atoms with Crippen molar-refractivity contribution in [2.45, 2.75) is 0 Å². The quantitative estimate of drug-likeness (QED) is 0.865. The molecule has 2 aromatic heterocycles. The number of halogens is 1. The van der Waals surface area contributed by atoms with Gasteiger partial charge in [0.25, 0.3) is 5.91 Å². The lowest BCUT2D eigenvalue weighted by molar-refractivity contribution is 0.103. The molecule has 0 aliphatic heterocycles. The zero-order chi connectivity index (χ0) is 11.5. The van der Waals surface area contributed by atoms with Crippen molar-refractivity contribution in [1.82, 2.24) is 4.98 Å². The van der Waals surface area contributed by atoms with E-state index >= 15 is 0 Å². The number of hydrogen-bond acceptors (Lipinski definition) is 4. The van der Waals surface area contributed by atoms with Crippen LogP contribution in [0, 0.1) is 0 Å². The van der Waals surface area contributed by atoms with Crippen molar-refractivity contribution >= 4 is 40.4 Å². The summed E-state index contributed by atoms with van der Waals surface area (Å²) in [6.07, 6.45) is 1.56. The third-order valence-electron chi connectivity index (χ3n) is 1.89. The van der Waals surface area contributed by atoms with Gasteiger partial charge < -0.3 is 11.1 Å². The molecule has 0 bridgehead atoms. The van der Waals surface area contributed by atoms with Crippen molar-refractivity contribution in [3.05, 3.63) is 39.7 Å². The van der Waals surface area contributed by atoms with Crippen LogP contribution in [0.25, 0.3) is 0 Å². The Balaban J connectivity index is 2.21. The molecule has 0 saturated heterocycles. The molecule has 4 nitrogen and oxygen atoms in total. The molecule has 3 N–H and O–H groups in total. The molecule has 0 aliphatic carbocycles. The second kappa shape index (κ2) is 4.51. The van der Waals surface area contributed by atoms with Gasteiger partial charge in [0.15, 0.2) is 5.82 Å². The normalized spacial score (nSPS) is 10.1. The summed E-state index contributed by atoms with van der Waals surface area (Å²) >= 11 is 7.11. The van der Waals surface area contributed by atoms with Crippen molar-refractivity contribution in [3.63, 3.8) is 0 Å². The average Bonchev–Trinajstić information content (AvgIpc) is 2.68. The van der Waals surface area contributed by atoms with Crippen LogP contribution in [0.2, 0.25) is 5.02 Å². The molecule has 0 atom stereocenters. The first kappa shape index (κ1) is 10.9. The third kappa shape index (κ3) is 2.15. The van der Waals surface area contributed by atoms with Crippen LogP contribution in [0.15, 0.2) is 29.8 Å². The zero-order valence-corrected chi connectivity index (χ0v) is 9.68. The van der Waals surface area contributed by atoms with Gasteiger partial charge in [0.2, 0.25) is 0 Å². The first-order valence-corrected chi connectivity index (χ1v) is 5.69. The Hall–Kier alpha value is -1.59. The first-order chi connectivity index (χ1) is 7.68. The van der Waals surface area contributed by atoms with Gasteiger partial charge in [-0.15, -0.1) is 11.3 Å². The molecule has 0 saturated carbocycles. The smallest absolute Gasteiger partial charge is 0.268 e. The predicted molar refractivity (Wildman–Crippen MR) is 65.9 cm³/mol. The Morgan fingerprint density at radius 1 is 1.50 bits per heavy atom. The number of carbonyl (C=O) groups excluding carboxylic acids is 1. The van der Waals surface area contributed by atoms with Crippen LogP contribution in [0.4, 0.5) is 11.5 Å². The van der Waals surface area contributed by atoms with Gasteiger partial charge in [0, 0.05) is 6.20 Å². The largest absolute Gasteiger partial charge is 0.396 e. The van der Waals surface area contributed by atoms with Crippen molar-refractivity contribution < 1.29 is 4.79 Å². The minimum atomic E-state index is -0.301. The fourth-order valence-corrected chi connectivity index (χ4v) is 2.18. The number of nitrogen functional groups attached to an aromatic ring is 1. The molecule has 2 rings (SSSR count). The Kier molecular flexibility index (Phi) is 3.07. The molecule has 2 heterocycles. The second-order valence-electron chi connectivity index (χ2n) is 2.99. The molecule has 1 amide bonds. The standard InChI is InChI=1S/C10H8ClN3OS/c11-6-3-5-16-8(6)10(15)14-9-7(12)2-1-4-13-9/h1-5H,12H2,(H,13,14,15). The van der Waals surface area contributed by atoms with E-state index in [1.807, 2.05) is 0 Å². The number of nitrogens with zero attached hydrogens (tertiary/aromatic N) is 1. The summed E-state index contributed by atoms with van der Waals surface area (Å²) in [5.74, 6) is 0.0439. The van der Waals surface area contributed by atoms with E-state index in [0.29, 0.717) is 21.4 Å². The lowest BCUT2D eigenvalue weighted by atomic mass is 10.3. The van der Waals surface area contributed by atoms with Gasteiger partial charge in [0.05, 0.1) is 10.7 Å². The maximum Gasteiger partial charge on any atom is 0.268 e. The number of thiophene rings is 1. The number of aromatic nitrogens is 1. The molecule has 0 unspecified atom stereocenters. The number of amides is 1. The molecular weight excluding hydrogens is 246 g/mol. The van der Waals surface area contributed by atoms with E-state index in [1.165, 1.54) is 11.3 Å². The van der Waals surface area contributed by atoms with Crippen molar-refractivity contribution in [2.24, 2.45) is 0 Å². The van der Waals surface area contributed by atoms with E-state index in [2.05, 4.69) is 10.3 Å². The fraction of sp³-hybridized carbons (Fsp3) is 0. The molecular formula is C10H8ClN3OS. The number of pyridine rings is 1. The summed E-state index contributed by atoms with van der Waals surface area (Å²) in [5, 5.41) is 4.78. The lowest BCUT2D eigenvalue weighted by Crippen LogP contribution is -2.13. The minimum absolute atomic E-state index is 0.301. The van der Waals surface area contributed by atoms with Gasteiger partial charge in [-0.3, -0.25) is 4.79 Å². The molecule has 82 valence electrons. The topological polar surface area (TPSA) is 68.0 Å². The maximum absolute atomic E-state index is 11.8. The number of nitrogens with one attached hydrogen (secondary N) is 1. The van der Waals surface area contributed by atoms with E-state index in [9.17, 15) is 4.79 Å². The van der Waals surface area contributed by atoms with Gasteiger partial charge in [-0.05, 0) is 23.6 Å². The van der Waals surface area contributed by atoms with E-state index in [1.54, 1.807) is 29.8 Å². The van der Waals surface area contributed by atoms with Crippen LogP contribution in [0.5, 0.6) is 0 Å². The molecule has 0 radical (unpaired) electrons. The monoisotopic (exact) mass is 253 g/mol. The molecule has 0 fully saturated rings. The molecule has 6 heteroatoms. The Labute approximate surface area is 101 Å². The third-order valence-corrected chi connectivity index (χ3v) is 3.23. The highest BCUT2D eigenvalue weighted by Crippen LogP contribution is 2.23. The highest BCUT2D eigenvalue weighted by Gasteiger charge is 2.13. The van der Waals surface area contributed by atoms with Gasteiger partial charge >= 0.3 is 0 Å². The van der Waals surface area contributed by atoms with Gasteiger partial charge in [0.1, 0.15) is 4.88 Å². The highest BCUT2D eigenvalue weighted by molar-refractivity contribution is 7.12. The van der Waals surface area contributed by atoms with E-state index in [4.69, 9.17) is 17.3 Å². The van der Waals surface area contributed by atoms with E-state index < -0.39 is 0 Å². The first-order valence-electron chi connectivity index (χ1n) is 4.43. The molecule has 2 aromatic rings. The zero-order valence-electron chi connectivity index (χ0n) is 8.11. The predicted octanol–water partition coefficient (Wildman–Crippen LogP) is 2.63. The SMILES string of the molecule is Nc1cccnc1NC(=O)c1sccc1Cl. The number of hydrogen-bond donors (Lipinski definition) is 2. The van der Waals surface area contributed by atoms with Crippen LogP contribution in [0.1, 0.15) is 9.67 Å². The molecule has 0 aromatic carbocycles. The van der Waals surface area contributed by atoms with Crippen LogP contribution in [-0.2, 0) is 0 Å². The van der Waals surface area contributed by atoms with Crippen LogP contribution in [-0.4, -0.2) is 10.9 Å². The summed E-state index contributed by atoms with van der Waals surface area (Å²) < 4.78 is 0. The van der Waals surface area contributed by atoms with E-state index in [-0.39, 0.29) is 5.91 Å². The van der Waals surface area contributed by atoms with Gasteiger partial charge in [-0.25, -0.2) is 4.98 Å². The van der Waals surface area contributed by atoms with Crippen LogP contribution >= 0.6 is 22.9 Å². The summed E-state index contributed by atoms with van der Waals surface area (Å²) in [6.45, 7) is 0. The number of anilines is 2. The van der Waals surface area contributed by atoms with Gasteiger partial charge in [-0.2, -0.15) is 0 Å². The second-order valence-corrected chi connectivity index (χ2v) is 4.32. The summed E-state index contributed by atoms with van der Waals surface area (Å²) in [7, 11) is 0. The van der Waals surface area contributed by atoms with Crippen molar-refractivity contribution in [2.75, 3.05) is 11.1 Å². The highest BCUT2D eigenvalue weighted by atomic mass is 35.5. The van der Waals surface area contributed by atoms with E-state index in [0.717, 1.165) is 0 Å². The average molecular weight is 254 g/mol. The number of rotatable bonds is 2. The Bertz CT molecular complexity index is 526. The molecule has 16 heavy (non-hydrogen) atoms. The molecule has 0 spiro atoms. The summed E-state index contributed by atoms with van der Waals surface area (Å²) in [5.41, 5.74) is 6.07. The van der Waals surface area contributed by atoms with Crippen LogP contribution < -0.4 is 11.1 Å². The number of nitrogens with two attached hydrogens (primary N) is 1. The van der Waals surface area contributed by atoms with Crippen molar-refractivity contribution in [3.8, 4) is 0 Å². The van der Waals surface area contributed by atoms with Gasteiger partial charge in [-0.1, -0.05) is 11.6 Å². The fourth-order valence-electron chi connectivity index (χ4n) is 1.14. The lowest BCUT2D eigenvalue weighted by Gasteiger charge is -2.05. The molecule has 0 aliphatic rings. The maximum atomic E-state index is 11.8. The Morgan fingerprint density at radius 3 is 2.94 bits per heavy atom. The van der Waals surface area contributed by atoms with Crippen molar-refractivity contribution in [1.29, 1.82) is 0 Å². The number of carbonyl (C=O) groups is 1. The Morgan fingerprint density at radius 2 is 2.31 bits per heavy atom. The van der Waals surface area contributed by atoms with Crippen LogP contribution in [0.3, 0.4) is 0 Å². The minimum Gasteiger partial charge on any atom is -0.396 e.